The molecule has 198 valence electrons. The van der Waals surface area contributed by atoms with E-state index in [1.165, 1.54) is 32.4 Å². The number of hydrogen-bond donors (Lipinski definition) is 0. The van der Waals surface area contributed by atoms with Gasteiger partial charge in [0.15, 0.2) is 5.65 Å². The third-order valence-electron chi connectivity index (χ3n) is 8.97. The number of pyridine rings is 1. The average Bonchev–Trinajstić information content (AvgIpc) is 3.48. The Balaban J connectivity index is 1.09. The molecule has 0 atom stereocenters. The van der Waals surface area contributed by atoms with Crippen LogP contribution in [0.3, 0.4) is 0 Å². The molecule has 0 radical (unpaired) electrons. The number of likely N-dealkylation sites (tertiary alicyclic amines) is 1. The van der Waals surface area contributed by atoms with E-state index in [0.29, 0.717) is 17.7 Å². The van der Waals surface area contributed by atoms with Crippen LogP contribution in [0.5, 0.6) is 0 Å². The Morgan fingerprint density at radius 2 is 1.92 bits per heavy atom. The molecular weight excluding hydrogens is 480 g/mol. The van der Waals surface area contributed by atoms with Crippen LogP contribution >= 0.6 is 0 Å². The maximum absolute atomic E-state index is 13.2. The highest BCUT2D eigenvalue weighted by Crippen LogP contribution is 2.52. The van der Waals surface area contributed by atoms with Crippen molar-refractivity contribution >= 4 is 22.1 Å². The number of methoxy groups -OCH3 is 1. The van der Waals surface area contributed by atoms with Gasteiger partial charge < -0.3 is 14.4 Å². The summed E-state index contributed by atoms with van der Waals surface area (Å²) in [4.78, 5) is 20.4. The molecule has 38 heavy (non-hydrogen) atoms. The summed E-state index contributed by atoms with van der Waals surface area (Å²) in [6, 6.07) is 10.3. The van der Waals surface area contributed by atoms with E-state index < -0.39 is 0 Å². The van der Waals surface area contributed by atoms with Crippen LogP contribution in [-0.4, -0.2) is 68.7 Å². The number of benzene rings is 1. The predicted octanol–water partition coefficient (Wildman–Crippen LogP) is 3.70. The standard InChI is InChI=1S/C29H34N6O3/c1-33-27-26(35(28(33)36)22-14-23(15-22)37-2)24-13-19(4-6-25(24)31-32-27)20-3-5-21(30-16-20)17-38-12-11-34-10-9-29(18-34)7-8-29/h3-6,13,16,22-23H,7-12,14-15,17-18H2,1-2H3. The second kappa shape index (κ2) is 9.25. The summed E-state index contributed by atoms with van der Waals surface area (Å²) in [6.45, 7) is 4.74. The van der Waals surface area contributed by atoms with Crippen molar-refractivity contribution in [3.63, 3.8) is 0 Å². The molecule has 0 unspecified atom stereocenters. The van der Waals surface area contributed by atoms with Crippen molar-refractivity contribution in [1.29, 1.82) is 0 Å². The number of aromatic nitrogens is 5. The van der Waals surface area contributed by atoms with Crippen molar-refractivity contribution in [2.45, 2.75) is 50.9 Å². The Kier molecular flexibility index (Phi) is 5.83. The average molecular weight is 515 g/mol. The molecule has 3 aliphatic rings. The number of fused-ring (bicyclic) bond motifs is 3. The summed E-state index contributed by atoms with van der Waals surface area (Å²) < 4.78 is 14.9. The van der Waals surface area contributed by atoms with E-state index in [1.807, 2.05) is 29.0 Å². The molecule has 1 aromatic carbocycles. The highest BCUT2D eigenvalue weighted by molar-refractivity contribution is 6.02. The van der Waals surface area contributed by atoms with Crippen LogP contribution in [0.4, 0.5) is 0 Å². The molecule has 0 amide bonds. The molecule has 3 fully saturated rings. The summed E-state index contributed by atoms with van der Waals surface area (Å²) in [5, 5.41) is 9.72. The molecule has 2 saturated carbocycles. The largest absolute Gasteiger partial charge is 0.381 e. The van der Waals surface area contributed by atoms with Gasteiger partial charge in [0.1, 0.15) is 5.52 Å². The number of rotatable bonds is 8. The maximum Gasteiger partial charge on any atom is 0.330 e. The van der Waals surface area contributed by atoms with Gasteiger partial charge >= 0.3 is 5.69 Å². The van der Waals surface area contributed by atoms with Crippen LogP contribution < -0.4 is 5.69 Å². The van der Waals surface area contributed by atoms with Crippen LogP contribution in [0, 0.1) is 5.41 Å². The topological polar surface area (TPSA) is 87.3 Å². The summed E-state index contributed by atoms with van der Waals surface area (Å²) in [6.07, 6.45) is 7.93. The summed E-state index contributed by atoms with van der Waals surface area (Å²) in [5.74, 6) is 0. The maximum atomic E-state index is 13.2. The zero-order valence-electron chi connectivity index (χ0n) is 22.1. The first kappa shape index (κ1) is 23.9. The minimum absolute atomic E-state index is 0.0606. The van der Waals surface area contributed by atoms with Crippen LogP contribution in [-0.2, 0) is 23.1 Å². The quantitative estimate of drug-likeness (QED) is 0.331. The van der Waals surface area contributed by atoms with E-state index in [2.05, 4.69) is 32.2 Å². The summed E-state index contributed by atoms with van der Waals surface area (Å²) in [7, 11) is 3.49. The minimum atomic E-state index is -0.0606. The lowest BCUT2D eigenvalue weighted by atomic mass is 9.89. The van der Waals surface area contributed by atoms with Gasteiger partial charge in [-0.1, -0.05) is 12.1 Å². The third kappa shape index (κ3) is 4.13. The Hall–Kier alpha value is -3.14. The van der Waals surface area contributed by atoms with Crippen LogP contribution in [0.1, 0.15) is 43.8 Å². The van der Waals surface area contributed by atoms with Gasteiger partial charge in [0.05, 0.1) is 30.5 Å². The second-order valence-corrected chi connectivity index (χ2v) is 11.4. The fourth-order valence-electron chi connectivity index (χ4n) is 6.21. The smallest absolute Gasteiger partial charge is 0.330 e. The number of aryl methyl sites for hydroxylation is 1. The van der Waals surface area contributed by atoms with Gasteiger partial charge in [-0.05, 0) is 67.8 Å². The molecule has 4 heterocycles. The molecule has 0 bridgehead atoms. The normalized spacial score (nSPS) is 22.5. The van der Waals surface area contributed by atoms with Gasteiger partial charge in [-0.25, -0.2) is 4.79 Å². The molecule has 3 aromatic heterocycles. The molecule has 9 heteroatoms. The van der Waals surface area contributed by atoms with Gasteiger partial charge in [0, 0.05) is 50.4 Å². The Bertz CT molecular complexity index is 1550. The van der Waals surface area contributed by atoms with E-state index in [9.17, 15) is 4.79 Å². The van der Waals surface area contributed by atoms with Crippen LogP contribution in [0.15, 0.2) is 41.3 Å². The van der Waals surface area contributed by atoms with E-state index >= 15 is 0 Å². The van der Waals surface area contributed by atoms with Crippen LogP contribution in [0.25, 0.3) is 33.2 Å². The van der Waals surface area contributed by atoms with Gasteiger partial charge in [-0.3, -0.25) is 14.1 Å². The number of nitrogens with zero attached hydrogens (tertiary/aromatic N) is 6. The molecule has 2 aliphatic carbocycles. The Morgan fingerprint density at radius 3 is 2.66 bits per heavy atom. The zero-order chi connectivity index (χ0) is 25.9. The van der Waals surface area contributed by atoms with E-state index in [-0.39, 0.29) is 17.8 Å². The SMILES string of the molecule is COC1CC(n2c(=O)n(C)c3nnc4ccc(-c5ccc(COCCN6CCC7(CC7)C6)nc5)cc4c32)C1. The van der Waals surface area contributed by atoms with Gasteiger partial charge in [-0.15, -0.1) is 10.2 Å². The Morgan fingerprint density at radius 1 is 1.08 bits per heavy atom. The van der Waals surface area contributed by atoms with Gasteiger partial charge in [-0.2, -0.15) is 0 Å². The van der Waals surface area contributed by atoms with E-state index in [1.54, 1.807) is 18.7 Å². The lowest BCUT2D eigenvalue weighted by molar-refractivity contribution is 0.00635. The highest BCUT2D eigenvalue weighted by Gasteiger charge is 2.47. The van der Waals surface area contributed by atoms with Crippen molar-refractivity contribution in [1.82, 2.24) is 29.2 Å². The van der Waals surface area contributed by atoms with E-state index in [0.717, 1.165) is 59.2 Å². The molecule has 9 nitrogen and oxygen atoms in total. The molecule has 7 rings (SSSR count). The lowest BCUT2D eigenvalue weighted by Crippen LogP contribution is -2.37. The fraction of sp³-hybridized carbons (Fsp3) is 0.517. The minimum Gasteiger partial charge on any atom is -0.381 e. The third-order valence-corrected chi connectivity index (χ3v) is 8.97. The predicted molar refractivity (Wildman–Crippen MR) is 145 cm³/mol. The molecule has 1 saturated heterocycles. The van der Waals surface area contributed by atoms with Crippen molar-refractivity contribution in [2.24, 2.45) is 12.5 Å². The van der Waals surface area contributed by atoms with Crippen LogP contribution in [0.2, 0.25) is 0 Å². The number of imidazole rings is 1. The molecule has 1 aliphatic heterocycles. The summed E-state index contributed by atoms with van der Waals surface area (Å²) >= 11 is 0. The Labute approximate surface area is 221 Å². The summed E-state index contributed by atoms with van der Waals surface area (Å²) in [5.41, 5.74) is 5.79. The molecular formula is C29H34N6O3. The number of ether oxygens (including phenoxy) is 2. The van der Waals surface area contributed by atoms with E-state index in [4.69, 9.17) is 9.47 Å². The monoisotopic (exact) mass is 514 g/mol. The zero-order valence-corrected chi connectivity index (χ0v) is 22.1. The van der Waals surface area contributed by atoms with Gasteiger partial charge in [0.2, 0.25) is 0 Å². The molecule has 1 spiro atoms. The van der Waals surface area contributed by atoms with Crippen molar-refractivity contribution in [3.8, 4) is 11.1 Å². The first-order valence-corrected chi connectivity index (χ1v) is 13.7. The first-order valence-electron chi connectivity index (χ1n) is 13.7. The fourth-order valence-corrected chi connectivity index (χ4v) is 6.21. The van der Waals surface area contributed by atoms with Crippen molar-refractivity contribution < 1.29 is 9.47 Å². The highest BCUT2D eigenvalue weighted by atomic mass is 16.5. The lowest BCUT2D eigenvalue weighted by Gasteiger charge is -2.34. The first-order chi connectivity index (χ1) is 18.5. The molecule has 0 N–H and O–H groups in total. The second-order valence-electron chi connectivity index (χ2n) is 11.4. The van der Waals surface area contributed by atoms with Crippen molar-refractivity contribution in [3.05, 3.63) is 52.7 Å². The molecule has 4 aromatic rings. The van der Waals surface area contributed by atoms with Crippen molar-refractivity contribution in [2.75, 3.05) is 33.4 Å². The van der Waals surface area contributed by atoms with Gasteiger partial charge in [0.25, 0.3) is 0 Å². The number of hydrogen-bond acceptors (Lipinski definition) is 7.